The van der Waals surface area contributed by atoms with Crippen LogP contribution in [-0.2, 0) is 14.3 Å². The van der Waals surface area contributed by atoms with Gasteiger partial charge in [0, 0.05) is 37.8 Å². The van der Waals surface area contributed by atoms with Crippen molar-refractivity contribution < 1.29 is 14.3 Å². The van der Waals surface area contributed by atoms with Crippen LogP contribution in [-0.4, -0.2) is 71.0 Å². The average molecular weight is 338 g/mol. The van der Waals surface area contributed by atoms with E-state index in [0.29, 0.717) is 11.8 Å². The summed E-state index contributed by atoms with van der Waals surface area (Å²) >= 11 is 1.94. The van der Waals surface area contributed by atoms with Gasteiger partial charge in [-0.05, 0) is 32.1 Å². The molecule has 5 nitrogen and oxygen atoms in total. The molecule has 0 radical (unpaired) electrons. The van der Waals surface area contributed by atoms with Crippen molar-refractivity contribution in [2.45, 2.75) is 49.4 Å². The predicted octanol–water partition coefficient (Wildman–Crippen LogP) is 1.51. The zero-order valence-electron chi connectivity index (χ0n) is 13.7. The van der Waals surface area contributed by atoms with Crippen LogP contribution in [0.15, 0.2) is 0 Å². The first-order valence-electron chi connectivity index (χ1n) is 8.97. The second-order valence-electron chi connectivity index (χ2n) is 7.54. The van der Waals surface area contributed by atoms with E-state index in [-0.39, 0.29) is 23.4 Å². The van der Waals surface area contributed by atoms with Gasteiger partial charge < -0.3 is 14.5 Å². The van der Waals surface area contributed by atoms with Crippen molar-refractivity contribution in [1.82, 2.24) is 9.80 Å². The summed E-state index contributed by atoms with van der Waals surface area (Å²) in [5.41, 5.74) is 0. The predicted molar refractivity (Wildman–Crippen MR) is 89.3 cm³/mol. The number of carbonyl (C=O) groups is 2. The molecule has 0 aromatic carbocycles. The summed E-state index contributed by atoms with van der Waals surface area (Å²) in [6.07, 6.45) is 6.79. The molecule has 0 aromatic rings. The van der Waals surface area contributed by atoms with Gasteiger partial charge in [-0.25, -0.2) is 0 Å². The van der Waals surface area contributed by atoms with Crippen LogP contribution < -0.4 is 0 Å². The summed E-state index contributed by atoms with van der Waals surface area (Å²) in [6.45, 7) is 3.78. The fourth-order valence-corrected chi connectivity index (χ4v) is 5.65. The standard InChI is InChI=1S/C17H26N2O3S/c20-15(18-6-1-2-7-18)9-22-14-8-17(23-10-14)11-19(12-17)16(21)13-4-3-5-13/h13-14H,1-12H2/t14-/m1/s1. The van der Waals surface area contributed by atoms with Crippen molar-refractivity contribution in [3.05, 3.63) is 0 Å². The third kappa shape index (κ3) is 3.12. The lowest BCUT2D eigenvalue weighted by Crippen LogP contribution is -2.62. The van der Waals surface area contributed by atoms with Gasteiger partial charge in [0.25, 0.3) is 0 Å². The topological polar surface area (TPSA) is 49.9 Å². The molecule has 3 saturated heterocycles. The van der Waals surface area contributed by atoms with Crippen molar-refractivity contribution in [3.8, 4) is 0 Å². The highest BCUT2D eigenvalue weighted by Crippen LogP contribution is 2.47. The van der Waals surface area contributed by atoms with Gasteiger partial charge in [-0.3, -0.25) is 9.59 Å². The Labute approximate surface area is 142 Å². The second kappa shape index (κ2) is 6.28. The van der Waals surface area contributed by atoms with Crippen LogP contribution in [0.25, 0.3) is 0 Å². The van der Waals surface area contributed by atoms with Crippen LogP contribution >= 0.6 is 11.8 Å². The summed E-state index contributed by atoms with van der Waals surface area (Å²) in [4.78, 5) is 28.2. The second-order valence-corrected chi connectivity index (χ2v) is 9.03. The number of amides is 2. The lowest BCUT2D eigenvalue weighted by atomic mass is 9.82. The fourth-order valence-electron chi connectivity index (χ4n) is 4.10. The summed E-state index contributed by atoms with van der Waals surface area (Å²) in [7, 11) is 0. The normalized spacial score (nSPS) is 29.7. The SMILES string of the molecule is O=C(CO[C@H]1CSC2(C1)CN(C(=O)C1CCC1)C2)N1CCCC1. The average Bonchev–Trinajstić information content (AvgIpc) is 3.10. The lowest BCUT2D eigenvalue weighted by molar-refractivity contribution is -0.144. The molecule has 4 aliphatic rings. The molecular formula is C17H26N2O3S. The summed E-state index contributed by atoms with van der Waals surface area (Å²) in [5, 5.41) is 0. The Morgan fingerprint density at radius 3 is 2.48 bits per heavy atom. The quantitative estimate of drug-likeness (QED) is 0.780. The first-order valence-corrected chi connectivity index (χ1v) is 9.96. The van der Waals surface area contributed by atoms with Gasteiger partial charge in [-0.15, -0.1) is 11.8 Å². The van der Waals surface area contributed by atoms with Gasteiger partial charge in [0.05, 0.1) is 10.9 Å². The number of likely N-dealkylation sites (tertiary alicyclic amines) is 2. The first-order chi connectivity index (χ1) is 11.2. The third-order valence-corrected chi connectivity index (χ3v) is 7.38. The maximum absolute atomic E-state index is 12.2. The monoisotopic (exact) mass is 338 g/mol. The van der Waals surface area contributed by atoms with Gasteiger partial charge in [0.2, 0.25) is 11.8 Å². The number of hydrogen-bond acceptors (Lipinski definition) is 4. The Morgan fingerprint density at radius 2 is 1.83 bits per heavy atom. The molecule has 128 valence electrons. The van der Waals surface area contributed by atoms with E-state index in [2.05, 4.69) is 0 Å². The highest BCUT2D eigenvalue weighted by Gasteiger charge is 2.52. The summed E-state index contributed by atoms with van der Waals surface area (Å²) < 4.78 is 6.08. The molecule has 23 heavy (non-hydrogen) atoms. The number of rotatable bonds is 4. The van der Waals surface area contributed by atoms with E-state index in [0.717, 1.165) is 64.0 Å². The van der Waals surface area contributed by atoms with E-state index in [1.54, 1.807) is 0 Å². The molecule has 0 unspecified atom stereocenters. The molecule has 4 rings (SSSR count). The molecule has 3 aliphatic heterocycles. The van der Waals surface area contributed by atoms with Gasteiger partial charge in [0.1, 0.15) is 6.61 Å². The number of thioether (sulfide) groups is 1. The number of nitrogens with zero attached hydrogens (tertiary/aromatic N) is 2. The molecule has 1 spiro atoms. The molecule has 0 N–H and O–H groups in total. The third-order valence-electron chi connectivity index (χ3n) is 5.80. The molecular weight excluding hydrogens is 312 g/mol. The van der Waals surface area contributed by atoms with E-state index < -0.39 is 0 Å². The molecule has 0 bridgehead atoms. The van der Waals surface area contributed by atoms with Crippen molar-refractivity contribution in [2.24, 2.45) is 5.92 Å². The number of carbonyl (C=O) groups excluding carboxylic acids is 2. The van der Waals surface area contributed by atoms with E-state index in [4.69, 9.17) is 4.74 Å². The van der Waals surface area contributed by atoms with E-state index in [1.165, 1.54) is 6.42 Å². The van der Waals surface area contributed by atoms with Gasteiger partial charge in [-0.1, -0.05) is 6.42 Å². The Kier molecular flexibility index (Phi) is 4.30. The van der Waals surface area contributed by atoms with Crippen LogP contribution in [0, 0.1) is 5.92 Å². The molecule has 6 heteroatoms. The Morgan fingerprint density at radius 1 is 1.09 bits per heavy atom. The molecule has 2 amide bonds. The van der Waals surface area contributed by atoms with Crippen molar-refractivity contribution >= 4 is 23.6 Å². The minimum absolute atomic E-state index is 0.142. The molecule has 4 fully saturated rings. The summed E-state index contributed by atoms with van der Waals surface area (Å²) in [6, 6.07) is 0. The van der Waals surface area contributed by atoms with Gasteiger partial charge in [0.15, 0.2) is 0 Å². The highest BCUT2D eigenvalue weighted by atomic mass is 32.2. The van der Waals surface area contributed by atoms with E-state index >= 15 is 0 Å². The Balaban J connectivity index is 1.19. The van der Waals surface area contributed by atoms with Crippen molar-refractivity contribution in [1.29, 1.82) is 0 Å². The lowest BCUT2D eigenvalue weighted by Gasteiger charge is -2.49. The van der Waals surface area contributed by atoms with Crippen LogP contribution in [0.5, 0.6) is 0 Å². The largest absolute Gasteiger partial charge is 0.367 e. The van der Waals surface area contributed by atoms with E-state index in [1.807, 2.05) is 21.6 Å². The highest BCUT2D eigenvalue weighted by molar-refractivity contribution is 8.01. The number of ether oxygens (including phenoxy) is 1. The van der Waals surface area contributed by atoms with Crippen molar-refractivity contribution in [3.63, 3.8) is 0 Å². The van der Waals surface area contributed by atoms with Crippen LogP contribution in [0.1, 0.15) is 38.5 Å². The summed E-state index contributed by atoms with van der Waals surface area (Å²) in [5.74, 6) is 1.78. The molecule has 1 atom stereocenters. The zero-order valence-corrected chi connectivity index (χ0v) is 14.5. The molecule has 1 aliphatic carbocycles. The maximum Gasteiger partial charge on any atom is 0.248 e. The van der Waals surface area contributed by atoms with Crippen molar-refractivity contribution in [2.75, 3.05) is 38.5 Å². The van der Waals surface area contributed by atoms with Gasteiger partial charge >= 0.3 is 0 Å². The minimum Gasteiger partial charge on any atom is -0.367 e. The smallest absolute Gasteiger partial charge is 0.248 e. The molecule has 0 aromatic heterocycles. The first kappa shape index (κ1) is 15.8. The maximum atomic E-state index is 12.2. The van der Waals surface area contributed by atoms with Gasteiger partial charge in [-0.2, -0.15) is 0 Å². The zero-order chi connectivity index (χ0) is 15.9. The van der Waals surface area contributed by atoms with Crippen LogP contribution in [0.4, 0.5) is 0 Å². The Hall–Kier alpha value is -0.750. The number of hydrogen-bond donors (Lipinski definition) is 0. The minimum atomic E-state index is 0.142. The Bertz CT molecular complexity index is 482. The van der Waals surface area contributed by atoms with Crippen LogP contribution in [0.2, 0.25) is 0 Å². The molecule has 3 heterocycles. The van der Waals surface area contributed by atoms with Crippen LogP contribution in [0.3, 0.4) is 0 Å². The van der Waals surface area contributed by atoms with E-state index in [9.17, 15) is 9.59 Å². The fraction of sp³-hybridized carbons (Fsp3) is 0.882. The molecule has 1 saturated carbocycles.